The predicted molar refractivity (Wildman–Crippen MR) is 59.5 cm³/mol. The molecule has 62 valence electrons. The van der Waals surface area contributed by atoms with Crippen LogP contribution in [0.3, 0.4) is 0 Å². The zero-order valence-corrected chi connectivity index (χ0v) is 9.34. The van der Waals surface area contributed by atoms with E-state index >= 15 is 0 Å². The topological polar surface area (TPSA) is 0 Å². The standard InChI is InChI=1S/C9H6BrClS/c10-5-7-4-6-2-1-3-8(11)9(6)12-7/h1-4H,5H2. The minimum atomic E-state index is 0.852. The summed E-state index contributed by atoms with van der Waals surface area (Å²) in [6.07, 6.45) is 0. The highest BCUT2D eigenvalue weighted by Crippen LogP contribution is 2.32. The van der Waals surface area contributed by atoms with Gasteiger partial charge in [0.2, 0.25) is 0 Å². The maximum Gasteiger partial charge on any atom is 0.0584 e. The van der Waals surface area contributed by atoms with Gasteiger partial charge in [0.25, 0.3) is 0 Å². The number of rotatable bonds is 1. The summed E-state index contributed by atoms with van der Waals surface area (Å²) in [6, 6.07) is 8.16. The van der Waals surface area contributed by atoms with Crippen molar-refractivity contribution in [1.29, 1.82) is 0 Å². The quantitative estimate of drug-likeness (QED) is 0.665. The van der Waals surface area contributed by atoms with E-state index in [9.17, 15) is 0 Å². The first kappa shape index (κ1) is 8.54. The maximum absolute atomic E-state index is 6.02. The Morgan fingerprint density at radius 1 is 1.42 bits per heavy atom. The average molecular weight is 262 g/mol. The molecule has 2 rings (SSSR count). The highest BCUT2D eigenvalue weighted by Gasteiger charge is 2.02. The van der Waals surface area contributed by atoms with E-state index in [1.54, 1.807) is 11.3 Å². The smallest absolute Gasteiger partial charge is 0.0584 e. The summed E-state index contributed by atoms with van der Waals surface area (Å²) in [7, 11) is 0. The Labute approximate surface area is 88.3 Å². The third-order valence-corrected chi connectivity index (χ3v) is 4.27. The van der Waals surface area contributed by atoms with Crippen molar-refractivity contribution in [2.75, 3.05) is 0 Å². The van der Waals surface area contributed by atoms with E-state index in [1.807, 2.05) is 12.1 Å². The van der Waals surface area contributed by atoms with Crippen LogP contribution >= 0.6 is 38.9 Å². The van der Waals surface area contributed by atoms with Gasteiger partial charge in [-0.2, -0.15) is 0 Å². The van der Waals surface area contributed by atoms with E-state index in [4.69, 9.17) is 11.6 Å². The molecule has 0 atom stereocenters. The maximum atomic E-state index is 6.02. The minimum Gasteiger partial charge on any atom is -0.138 e. The van der Waals surface area contributed by atoms with E-state index in [2.05, 4.69) is 28.1 Å². The van der Waals surface area contributed by atoms with Crippen molar-refractivity contribution in [3.05, 3.63) is 34.2 Å². The zero-order chi connectivity index (χ0) is 8.55. The second-order valence-corrected chi connectivity index (χ2v) is 4.61. The molecule has 0 unspecified atom stereocenters. The van der Waals surface area contributed by atoms with Gasteiger partial charge in [0.05, 0.1) is 9.72 Å². The Morgan fingerprint density at radius 2 is 2.25 bits per heavy atom. The summed E-state index contributed by atoms with van der Waals surface area (Å²) in [6.45, 7) is 0. The third-order valence-electron chi connectivity index (χ3n) is 1.68. The number of halogens is 2. The first-order valence-electron chi connectivity index (χ1n) is 3.54. The fourth-order valence-electron chi connectivity index (χ4n) is 1.15. The molecule has 0 bridgehead atoms. The fraction of sp³-hybridized carbons (Fsp3) is 0.111. The van der Waals surface area contributed by atoms with Gasteiger partial charge in [-0.25, -0.2) is 0 Å². The van der Waals surface area contributed by atoms with Gasteiger partial charge in [-0.3, -0.25) is 0 Å². The molecule has 0 aliphatic heterocycles. The van der Waals surface area contributed by atoms with Crippen molar-refractivity contribution in [2.45, 2.75) is 5.33 Å². The highest BCUT2D eigenvalue weighted by molar-refractivity contribution is 9.08. The molecule has 0 aliphatic carbocycles. The molecule has 1 heterocycles. The summed E-state index contributed by atoms with van der Waals surface area (Å²) in [5.41, 5.74) is 0. The summed E-state index contributed by atoms with van der Waals surface area (Å²) in [5.74, 6) is 0. The van der Waals surface area contributed by atoms with Gasteiger partial charge in [-0.1, -0.05) is 39.7 Å². The largest absolute Gasteiger partial charge is 0.138 e. The van der Waals surface area contributed by atoms with Crippen LogP contribution < -0.4 is 0 Å². The number of alkyl halides is 1. The van der Waals surface area contributed by atoms with E-state index in [0.29, 0.717) is 0 Å². The van der Waals surface area contributed by atoms with Gasteiger partial charge < -0.3 is 0 Å². The lowest BCUT2D eigenvalue weighted by Gasteiger charge is -1.89. The van der Waals surface area contributed by atoms with Gasteiger partial charge in [0.15, 0.2) is 0 Å². The lowest BCUT2D eigenvalue weighted by atomic mass is 10.2. The van der Waals surface area contributed by atoms with E-state index in [0.717, 1.165) is 10.4 Å². The predicted octanol–water partition coefficient (Wildman–Crippen LogP) is 4.45. The molecule has 0 fully saturated rings. The number of thiophene rings is 1. The van der Waals surface area contributed by atoms with E-state index < -0.39 is 0 Å². The van der Waals surface area contributed by atoms with Crippen LogP contribution in [0.4, 0.5) is 0 Å². The van der Waals surface area contributed by atoms with Crippen molar-refractivity contribution in [2.24, 2.45) is 0 Å². The van der Waals surface area contributed by atoms with Gasteiger partial charge in [0, 0.05) is 10.2 Å². The molecule has 0 amide bonds. The van der Waals surface area contributed by atoms with Crippen LogP contribution in [0.15, 0.2) is 24.3 Å². The van der Waals surface area contributed by atoms with E-state index in [1.165, 1.54) is 15.0 Å². The summed E-state index contributed by atoms with van der Waals surface area (Å²) in [4.78, 5) is 1.32. The van der Waals surface area contributed by atoms with Gasteiger partial charge in [0.1, 0.15) is 0 Å². The van der Waals surface area contributed by atoms with Crippen molar-refractivity contribution in [1.82, 2.24) is 0 Å². The molecule has 12 heavy (non-hydrogen) atoms. The minimum absolute atomic E-state index is 0.852. The molecule has 1 aromatic heterocycles. The molecule has 3 heteroatoms. The van der Waals surface area contributed by atoms with Gasteiger partial charge in [-0.15, -0.1) is 11.3 Å². The molecule has 0 spiro atoms. The Bertz CT molecular complexity index is 408. The van der Waals surface area contributed by atoms with Crippen molar-refractivity contribution in [3.8, 4) is 0 Å². The van der Waals surface area contributed by atoms with Crippen LogP contribution in [0.1, 0.15) is 4.88 Å². The SMILES string of the molecule is Clc1cccc2cc(CBr)sc12. The Kier molecular flexibility index (Phi) is 2.40. The lowest BCUT2D eigenvalue weighted by molar-refractivity contribution is 1.60. The van der Waals surface area contributed by atoms with Crippen molar-refractivity contribution < 1.29 is 0 Å². The molecule has 1 aromatic carbocycles. The van der Waals surface area contributed by atoms with Crippen LogP contribution in [-0.4, -0.2) is 0 Å². The normalized spacial score (nSPS) is 10.8. The highest BCUT2D eigenvalue weighted by atomic mass is 79.9. The van der Waals surface area contributed by atoms with Crippen LogP contribution in [-0.2, 0) is 5.33 Å². The Morgan fingerprint density at radius 3 is 2.92 bits per heavy atom. The Balaban J connectivity index is 2.74. The molecular formula is C9H6BrClS. The lowest BCUT2D eigenvalue weighted by Crippen LogP contribution is -1.62. The summed E-state index contributed by atoms with van der Waals surface area (Å²) in [5, 5.41) is 2.99. The summed E-state index contributed by atoms with van der Waals surface area (Å²) >= 11 is 11.2. The molecule has 0 aliphatic rings. The van der Waals surface area contributed by atoms with Gasteiger partial charge >= 0.3 is 0 Å². The van der Waals surface area contributed by atoms with Crippen LogP contribution in [0.2, 0.25) is 5.02 Å². The zero-order valence-electron chi connectivity index (χ0n) is 6.18. The molecule has 0 N–H and O–H groups in total. The van der Waals surface area contributed by atoms with Crippen LogP contribution in [0, 0.1) is 0 Å². The van der Waals surface area contributed by atoms with E-state index in [-0.39, 0.29) is 0 Å². The Hall–Kier alpha value is -0.0500. The number of hydrogen-bond acceptors (Lipinski definition) is 1. The van der Waals surface area contributed by atoms with Crippen molar-refractivity contribution >= 4 is 49.0 Å². The summed E-state index contributed by atoms with van der Waals surface area (Å²) < 4.78 is 1.19. The number of hydrogen-bond donors (Lipinski definition) is 0. The molecule has 0 nitrogen and oxygen atoms in total. The first-order chi connectivity index (χ1) is 5.81. The first-order valence-corrected chi connectivity index (χ1v) is 5.86. The van der Waals surface area contributed by atoms with Crippen molar-refractivity contribution in [3.63, 3.8) is 0 Å². The van der Waals surface area contributed by atoms with Crippen LogP contribution in [0.5, 0.6) is 0 Å². The number of benzene rings is 1. The molecule has 0 saturated carbocycles. The molecular weight excluding hydrogens is 256 g/mol. The third kappa shape index (κ3) is 1.39. The average Bonchev–Trinajstić information content (AvgIpc) is 2.49. The second-order valence-electron chi connectivity index (χ2n) is 2.50. The molecule has 2 aromatic rings. The monoisotopic (exact) mass is 260 g/mol. The van der Waals surface area contributed by atoms with Crippen LogP contribution in [0.25, 0.3) is 10.1 Å². The fourth-order valence-corrected chi connectivity index (χ4v) is 2.86. The second kappa shape index (κ2) is 3.36. The number of fused-ring (bicyclic) bond motifs is 1. The van der Waals surface area contributed by atoms with Gasteiger partial charge in [-0.05, 0) is 17.5 Å². The molecule has 0 saturated heterocycles. The molecule has 0 radical (unpaired) electrons.